The summed E-state index contributed by atoms with van der Waals surface area (Å²) in [6, 6.07) is 0. The molecular formula is C59H104O6. The zero-order valence-electron chi connectivity index (χ0n) is 43.0. The van der Waals surface area contributed by atoms with Crippen LogP contribution in [-0.4, -0.2) is 37.2 Å². The normalized spacial score (nSPS) is 12.5. The first kappa shape index (κ1) is 62.1. The van der Waals surface area contributed by atoms with Gasteiger partial charge in [-0.2, -0.15) is 0 Å². The Kier molecular flexibility index (Phi) is 51.3. The van der Waals surface area contributed by atoms with E-state index in [9.17, 15) is 14.4 Å². The van der Waals surface area contributed by atoms with E-state index in [4.69, 9.17) is 14.2 Å². The van der Waals surface area contributed by atoms with Crippen LogP contribution in [0, 0.1) is 0 Å². The molecule has 0 heterocycles. The molecule has 0 aromatic heterocycles. The van der Waals surface area contributed by atoms with Gasteiger partial charge in [-0.05, 0) is 83.5 Å². The second-order valence-electron chi connectivity index (χ2n) is 18.5. The fraction of sp³-hybridized carbons (Fsp3) is 0.780. The van der Waals surface area contributed by atoms with Gasteiger partial charge in [0.25, 0.3) is 0 Å². The Labute approximate surface area is 402 Å². The molecule has 0 aromatic rings. The summed E-state index contributed by atoms with van der Waals surface area (Å²) < 4.78 is 16.8. The summed E-state index contributed by atoms with van der Waals surface area (Å²) in [6.07, 6.45) is 66.4. The number of hydrogen-bond acceptors (Lipinski definition) is 6. The molecular weight excluding hydrogens is 805 g/mol. The SMILES string of the molecule is CCCCC/C=C\C/C=C\C/C=C\C/C=C\CCCC(=O)OC(COC(=O)CCCCCCCCC/C=C\CCCCCCCCCC)COC(=O)CCCCCCCCCCCCC. The van der Waals surface area contributed by atoms with Crippen molar-refractivity contribution in [3.05, 3.63) is 60.8 Å². The van der Waals surface area contributed by atoms with Crippen LogP contribution in [0.2, 0.25) is 0 Å². The fourth-order valence-electron chi connectivity index (χ4n) is 7.78. The van der Waals surface area contributed by atoms with Crippen LogP contribution in [0.25, 0.3) is 0 Å². The minimum atomic E-state index is -0.802. The van der Waals surface area contributed by atoms with Gasteiger partial charge in [-0.25, -0.2) is 0 Å². The summed E-state index contributed by atoms with van der Waals surface area (Å²) in [5.74, 6) is -0.949. The number of rotatable bonds is 50. The molecule has 0 saturated heterocycles. The molecule has 0 radical (unpaired) electrons. The Bertz CT molecular complexity index is 1180. The van der Waals surface area contributed by atoms with Gasteiger partial charge < -0.3 is 14.2 Å². The lowest BCUT2D eigenvalue weighted by Crippen LogP contribution is -2.30. The van der Waals surface area contributed by atoms with Gasteiger partial charge in [-0.15, -0.1) is 0 Å². The lowest BCUT2D eigenvalue weighted by molar-refractivity contribution is -0.167. The highest BCUT2D eigenvalue weighted by Crippen LogP contribution is 2.15. The Morgan fingerprint density at radius 3 is 0.954 bits per heavy atom. The minimum Gasteiger partial charge on any atom is -0.462 e. The van der Waals surface area contributed by atoms with E-state index in [0.29, 0.717) is 19.3 Å². The van der Waals surface area contributed by atoms with Crippen LogP contribution in [0.5, 0.6) is 0 Å². The highest BCUT2D eigenvalue weighted by molar-refractivity contribution is 5.71. The number of carbonyl (C=O) groups excluding carboxylic acids is 3. The van der Waals surface area contributed by atoms with Crippen LogP contribution in [0.3, 0.4) is 0 Å². The monoisotopic (exact) mass is 909 g/mol. The van der Waals surface area contributed by atoms with E-state index < -0.39 is 6.10 Å². The maximum atomic E-state index is 12.8. The molecule has 0 aromatic carbocycles. The first-order valence-electron chi connectivity index (χ1n) is 27.8. The van der Waals surface area contributed by atoms with Crippen molar-refractivity contribution in [2.24, 2.45) is 0 Å². The van der Waals surface area contributed by atoms with E-state index in [1.165, 1.54) is 167 Å². The molecule has 6 nitrogen and oxygen atoms in total. The van der Waals surface area contributed by atoms with Crippen molar-refractivity contribution in [1.82, 2.24) is 0 Å². The van der Waals surface area contributed by atoms with Gasteiger partial charge in [0.2, 0.25) is 0 Å². The highest BCUT2D eigenvalue weighted by Gasteiger charge is 2.19. The van der Waals surface area contributed by atoms with Crippen molar-refractivity contribution in [3.8, 4) is 0 Å². The average molecular weight is 909 g/mol. The summed E-state index contributed by atoms with van der Waals surface area (Å²) >= 11 is 0. The Morgan fingerprint density at radius 2 is 0.569 bits per heavy atom. The topological polar surface area (TPSA) is 78.9 Å². The smallest absolute Gasteiger partial charge is 0.306 e. The van der Waals surface area contributed by atoms with E-state index in [1.54, 1.807) is 0 Å². The summed E-state index contributed by atoms with van der Waals surface area (Å²) in [7, 11) is 0. The number of allylic oxidation sites excluding steroid dienone is 10. The molecule has 1 unspecified atom stereocenters. The molecule has 0 fully saturated rings. The van der Waals surface area contributed by atoms with Crippen LogP contribution in [0.4, 0.5) is 0 Å². The summed E-state index contributed by atoms with van der Waals surface area (Å²) in [5, 5.41) is 0. The van der Waals surface area contributed by atoms with Crippen molar-refractivity contribution in [2.75, 3.05) is 13.2 Å². The van der Waals surface area contributed by atoms with Crippen LogP contribution in [-0.2, 0) is 28.6 Å². The molecule has 0 bridgehead atoms. The molecule has 0 aliphatic rings. The lowest BCUT2D eigenvalue weighted by Gasteiger charge is -2.18. The predicted molar refractivity (Wildman–Crippen MR) is 279 cm³/mol. The maximum Gasteiger partial charge on any atom is 0.306 e. The highest BCUT2D eigenvalue weighted by atomic mass is 16.6. The molecule has 0 spiro atoms. The molecule has 0 N–H and O–H groups in total. The average Bonchev–Trinajstić information content (AvgIpc) is 3.30. The molecule has 1 atom stereocenters. The maximum absolute atomic E-state index is 12.8. The molecule has 376 valence electrons. The van der Waals surface area contributed by atoms with Crippen molar-refractivity contribution < 1.29 is 28.6 Å². The van der Waals surface area contributed by atoms with Gasteiger partial charge in [-0.3, -0.25) is 14.4 Å². The summed E-state index contributed by atoms with van der Waals surface area (Å²) in [6.45, 7) is 6.57. The molecule has 6 heteroatoms. The number of hydrogen-bond donors (Lipinski definition) is 0. The third kappa shape index (κ3) is 51.9. The third-order valence-corrected chi connectivity index (χ3v) is 12.0. The van der Waals surface area contributed by atoms with Crippen LogP contribution in [0.15, 0.2) is 60.8 Å². The molecule has 0 saturated carbocycles. The number of carbonyl (C=O) groups is 3. The molecule has 0 aliphatic carbocycles. The van der Waals surface area contributed by atoms with Gasteiger partial charge in [0.15, 0.2) is 6.10 Å². The van der Waals surface area contributed by atoms with Crippen molar-refractivity contribution >= 4 is 17.9 Å². The molecule has 0 aliphatic heterocycles. The quantitative estimate of drug-likeness (QED) is 0.0262. The molecule has 0 rings (SSSR count). The van der Waals surface area contributed by atoms with Gasteiger partial charge in [0, 0.05) is 19.3 Å². The summed E-state index contributed by atoms with van der Waals surface area (Å²) in [5.41, 5.74) is 0. The lowest BCUT2D eigenvalue weighted by atomic mass is 10.1. The van der Waals surface area contributed by atoms with Gasteiger partial charge in [0.1, 0.15) is 13.2 Å². The zero-order chi connectivity index (χ0) is 47.2. The number of ether oxygens (including phenoxy) is 3. The van der Waals surface area contributed by atoms with E-state index >= 15 is 0 Å². The molecule has 65 heavy (non-hydrogen) atoms. The largest absolute Gasteiger partial charge is 0.462 e. The van der Waals surface area contributed by atoms with Crippen LogP contribution >= 0.6 is 0 Å². The van der Waals surface area contributed by atoms with Gasteiger partial charge in [0.05, 0.1) is 0 Å². The Morgan fingerprint density at radius 1 is 0.308 bits per heavy atom. The predicted octanol–water partition coefficient (Wildman–Crippen LogP) is 18.4. The first-order chi connectivity index (χ1) is 32.0. The van der Waals surface area contributed by atoms with E-state index in [-0.39, 0.29) is 37.5 Å². The summed E-state index contributed by atoms with van der Waals surface area (Å²) in [4.78, 5) is 38.0. The standard InChI is InChI=1S/C59H104O6/c1-4-7-10-13-16-19-22-24-26-28-29-31-32-34-37-40-43-46-49-52-58(61)64-55-56(54-63-57(60)51-48-45-42-39-36-21-18-15-12-9-6-3)65-59(62)53-50-47-44-41-38-35-33-30-27-25-23-20-17-14-11-8-5-2/h17,20,25,27-29,33,35,41,44,56H,4-16,18-19,21-24,26,30-32,34,36-40,42-43,45-55H2,1-3H3/b20-17-,27-25-,29-28-,35-33-,44-41-. The van der Waals surface area contributed by atoms with E-state index in [0.717, 1.165) is 64.2 Å². The second-order valence-corrected chi connectivity index (χ2v) is 18.5. The van der Waals surface area contributed by atoms with Gasteiger partial charge >= 0.3 is 17.9 Å². The zero-order valence-corrected chi connectivity index (χ0v) is 43.0. The Balaban J connectivity index is 4.41. The fourth-order valence-corrected chi connectivity index (χ4v) is 7.78. The Hall–Kier alpha value is -2.89. The third-order valence-electron chi connectivity index (χ3n) is 12.0. The van der Waals surface area contributed by atoms with Crippen LogP contribution < -0.4 is 0 Å². The number of esters is 3. The van der Waals surface area contributed by atoms with Crippen molar-refractivity contribution in [3.63, 3.8) is 0 Å². The van der Waals surface area contributed by atoms with E-state index in [1.807, 2.05) is 0 Å². The van der Waals surface area contributed by atoms with Crippen molar-refractivity contribution in [1.29, 1.82) is 0 Å². The van der Waals surface area contributed by atoms with Gasteiger partial charge in [-0.1, -0.05) is 236 Å². The first-order valence-corrected chi connectivity index (χ1v) is 27.8. The van der Waals surface area contributed by atoms with E-state index in [2.05, 4.69) is 81.5 Å². The molecule has 0 amide bonds. The second kappa shape index (κ2) is 53.7. The number of unbranched alkanes of at least 4 members (excludes halogenated alkanes) is 29. The minimum absolute atomic E-state index is 0.0951. The van der Waals surface area contributed by atoms with Crippen LogP contribution in [0.1, 0.15) is 278 Å². The van der Waals surface area contributed by atoms with Crippen molar-refractivity contribution in [2.45, 2.75) is 284 Å².